The van der Waals surface area contributed by atoms with E-state index in [0.717, 1.165) is 29.8 Å². The molecule has 0 atom stereocenters. The highest BCUT2D eigenvalue weighted by molar-refractivity contribution is 7.16. The van der Waals surface area contributed by atoms with Gasteiger partial charge in [0.1, 0.15) is 11.1 Å². The fraction of sp³-hybridized carbons (Fsp3) is 0.500. The van der Waals surface area contributed by atoms with Crippen molar-refractivity contribution in [1.29, 1.82) is 5.26 Å². The van der Waals surface area contributed by atoms with E-state index in [1.54, 1.807) is 11.3 Å². The number of carboxylic acid groups (broad SMARTS) is 1. The zero-order valence-electron chi connectivity index (χ0n) is 9.45. The van der Waals surface area contributed by atoms with Crippen LogP contribution in [0.2, 0.25) is 0 Å². The molecule has 0 aliphatic heterocycles. The molecule has 1 heterocycles. The second-order valence-electron chi connectivity index (χ2n) is 4.10. The number of nitrogens with zero attached hydrogens (tertiary/aromatic N) is 1. The minimum absolute atomic E-state index is 0.0768. The Hall–Kier alpha value is -1.54. The van der Waals surface area contributed by atoms with Crippen LogP contribution in [-0.2, 0) is 17.6 Å². The Morgan fingerprint density at radius 3 is 2.94 bits per heavy atom. The molecule has 0 radical (unpaired) electrons. The van der Waals surface area contributed by atoms with Crippen LogP contribution in [0.1, 0.15) is 35.3 Å². The Morgan fingerprint density at radius 1 is 1.47 bits per heavy atom. The first-order valence-electron chi connectivity index (χ1n) is 5.72. The molecule has 0 fully saturated rings. The van der Waals surface area contributed by atoms with E-state index < -0.39 is 5.97 Å². The molecule has 4 nitrogen and oxygen atoms in total. The predicted octanol–water partition coefficient (Wildman–Crippen LogP) is 2.39. The van der Waals surface area contributed by atoms with Crippen LogP contribution < -0.4 is 5.32 Å². The summed E-state index contributed by atoms with van der Waals surface area (Å²) in [5.41, 5.74) is 1.91. The number of hydrogen-bond acceptors (Lipinski definition) is 4. The molecule has 90 valence electrons. The number of carboxylic acids is 1. The maximum absolute atomic E-state index is 10.4. The molecule has 2 N–H and O–H groups in total. The van der Waals surface area contributed by atoms with E-state index >= 15 is 0 Å². The summed E-state index contributed by atoms with van der Waals surface area (Å²) in [5, 5.41) is 21.7. The molecule has 1 aromatic rings. The molecule has 1 aliphatic rings. The number of nitrogens with one attached hydrogen (secondary N) is 1. The van der Waals surface area contributed by atoms with Gasteiger partial charge in [0.25, 0.3) is 0 Å². The number of hydrogen-bond donors (Lipinski definition) is 2. The van der Waals surface area contributed by atoms with Gasteiger partial charge in [-0.25, -0.2) is 0 Å². The van der Waals surface area contributed by atoms with Crippen LogP contribution in [0.4, 0.5) is 5.00 Å². The quantitative estimate of drug-likeness (QED) is 0.860. The van der Waals surface area contributed by atoms with Crippen molar-refractivity contribution < 1.29 is 9.90 Å². The summed E-state index contributed by atoms with van der Waals surface area (Å²) in [7, 11) is 0. The third kappa shape index (κ3) is 2.59. The van der Waals surface area contributed by atoms with Crippen LogP contribution in [0.15, 0.2) is 0 Å². The molecule has 0 spiro atoms. The van der Waals surface area contributed by atoms with Crippen molar-refractivity contribution in [3.8, 4) is 6.07 Å². The normalized spacial score (nSPS) is 13.8. The summed E-state index contributed by atoms with van der Waals surface area (Å²) < 4.78 is 0. The molecule has 0 amide bonds. The standard InChI is InChI=1S/C12H14N2O2S/c13-7-9-8-3-1-2-4-10(8)17-12(9)14-6-5-11(15)16/h14H,1-6H2,(H,15,16). The van der Waals surface area contributed by atoms with Crippen LogP contribution in [0.3, 0.4) is 0 Å². The third-order valence-electron chi connectivity index (χ3n) is 2.91. The predicted molar refractivity (Wildman–Crippen MR) is 66.4 cm³/mol. The van der Waals surface area contributed by atoms with Gasteiger partial charge in [0.05, 0.1) is 12.0 Å². The monoisotopic (exact) mass is 250 g/mol. The molecular weight excluding hydrogens is 236 g/mol. The van der Waals surface area contributed by atoms with Gasteiger partial charge in [-0.3, -0.25) is 4.79 Å². The lowest BCUT2D eigenvalue weighted by Crippen LogP contribution is -2.07. The SMILES string of the molecule is N#Cc1c(NCCC(=O)O)sc2c1CCCC2. The number of aliphatic carboxylic acids is 1. The minimum atomic E-state index is -0.822. The maximum atomic E-state index is 10.4. The molecule has 0 saturated heterocycles. The molecule has 1 aliphatic carbocycles. The first-order valence-corrected chi connectivity index (χ1v) is 6.54. The maximum Gasteiger partial charge on any atom is 0.305 e. The van der Waals surface area contributed by atoms with E-state index in [1.807, 2.05) is 0 Å². The van der Waals surface area contributed by atoms with Gasteiger partial charge in [0, 0.05) is 11.4 Å². The number of thiophene rings is 1. The minimum Gasteiger partial charge on any atom is -0.481 e. The average Bonchev–Trinajstić information content (AvgIpc) is 2.66. The number of nitriles is 1. The van der Waals surface area contributed by atoms with E-state index in [1.165, 1.54) is 16.9 Å². The molecule has 0 saturated carbocycles. The van der Waals surface area contributed by atoms with Crippen molar-refractivity contribution in [3.63, 3.8) is 0 Å². The highest BCUT2D eigenvalue weighted by Gasteiger charge is 2.20. The number of anilines is 1. The summed E-state index contributed by atoms with van der Waals surface area (Å²) in [6.45, 7) is 0.378. The van der Waals surface area contributed by atoms with Gasteiger partial charge in [0.15, 0.2) is 0 Å². The summed E-state index contributed by atoms with van der Waals surface area (Å²) in [5.74, 6) is -0.822. The highest BCUT2D eigenvalue weighted by Crippen LogP contribution is 2.37. The highest BCUT2D eigenvalue weighted by atomic mass is 32.1. The number of aryl methyl sites for hydroxylation is 1. The zero-order valence-corrected chi connectivity index (χ0v) is 10.3. The van der Waals surface area contributed by atoms with Gasteiger partial charge in [-0.1, -0.05) is 0 Å². The topological polar surface area (TPSA) is 73.1 Å². The van der Waals surface area contributed by atoms with Gasteiger partial charge >= 0.3 is 5.97 Å². The van der Waals surface area contributed by atoms with E-state index in [0.29, 0.717) is 6.54 Å². The Morgan fingerprint density at radius 2 is 2.24 bits per heavy atom. The Kier molecular flexibility index (Phi) is 3.64. The largest absolute Gasteiger partial charge is 0.481 e. The van der Waals surface area contributed by atoms with Crippen molar-refractivity contribution in [2.45, 2.75) is 32.1 Å². The summed E-state index contributed by atoms with van der Waals surface area (Å²) in [6.07, 6.45) is 4.44. The van der Waals surface area contributed by atoms with Gasteiger partial charge in [-0.15, -0.1) is 11.3 Å². The first kappa shape index (κ1) is 11.9. The van der Waals surface area contributed by atoms with E-state index in [-0.39, 0.29) is 6.42 Å². The second kappa shape index (κ2) is 5.19. The number of fused-ring (bicyclic) bond motifs is 1. The molecule has 0 bridgehead atoms. The molecule has 17 heavy (non-hydrogen) atoms. The zero-order chi connectivity index (χ0) is 12.3. The lowest BCUT2D eigenvalue weighted by atomic mass is 9.96. The molecular formula is C12H14N2O2S. The van der Waals surface area contributed by atoms with E-state index in [4.69, 9.17) is 5.11 Å². The van der Waals surface area contributed by atoms with E-state index in [9.17, 15) is 10.1 Å². The fourth-order valence-corrected chi connectivity index (χ4v) is 3.36. The molecule has 0 unspecified atom stereocenters. The van der Waals surface area contributed by atoms with Crippen LogP contribution in [-0.4, -0.2) is 17.6 Å². The fourth-order valence-electron chi connectivity index (χ4n) is 2.09. The summed E-state index contributed by atoms with van der Waals surface area (Å²) in [6, 6.07) is 2.24. The van der Waals surface area contributed by atoms with Crippen LogP contribution >= 0.6 is 11.3 Å². The van der Waals surface area contributed by atoms with Crippen molar-refractivity contribution in [2.24, 2.45) is 0 Å². The molecule has 2 rings (SSSR count). The Bertz CT molecular complexity index is 474. The lowest BCUT2D eigenvalue weighted by molar-refractivity contribution is -0.136. The van der Waals surface area contributed by atoms with Crippen molar-refractivity contribution >= 4 is 22.3 Å². The van der Waals surface area contributed by atoms with Crippen LogP contribution in [0.5, 0.6) is 0 Å². The van der Waals surface area contributed by atoms with Gasteiger partial charge in [-0.2, -0.15) is 5.26 Å². The smallest absolute Gasteiger partial charge is 0.305 e. The van der Waals surface area contributed by atoms with Crippen LogP contribution in [0.25, 0.3) is 0 Å². The van der Waals surface area contributed by atoms with Crippen molar-refractivity contribution in [3.05, 3.63) is 16.0 Å². The van der Waals surface area contributed by atoms with Crippen LogP contribution in [0, 0.1) is 11.3 Å². The Balaban J connectivity index is 2.14. The number of carbonyl (C=O) groups is 1. The average molecular weight is 250 g/mol. The summed E-state index contributed by atoms with van der Waals surface area (Å²) in [4.78, 5) is 11.7. The summed E-state index contributed by atoms with van der Waals surface area (Å²) >= 11 is 1.61. The first-order chi connectivity index (χ1) is 8.22. The second-order valence-corrected chi connectivity index (χ2v) is 5.20. The van der Waals surface area contributed by atoms with Gasteiger partial charge in [-0.05, 0) is 31.2 Å². The molecule has 0 aromatic carbocycles. The van der Waals surface area contributed by atoms with Gasteiger partial charge in [0.2, 0.25) is 0 Å². The van der Waals surface area contributed by atoms with Gasteiger partial charge < -0.3 is 10.4 Å². The number of rotatable bonds is 4. The lowest BCUT2D eigenvalue weighted by Gasteiger charge is -2.09. The van der Waals surface area contributed by atoms with Crippen molar-refractivity contribution in [1.82, 2.24) is 0 Å². The Labute approximate surface area is 104 Å². The van der Waals surface area contributed by atoms with E-state index in [2.05, 4.69) is 11.4 Å². The molecule has 1 aromatic heterocycles. The molecule has 5 heteroatoms. The van der Waals surface area contributed by atoms with Crippen molar-refractivity contribution in [2.75, 3.05) is 11.9 Å². The third-order valence-corrected chi connectivity index (χ3v) is 4.16.